The molecule has 1 unspecified atom stereocenters. The van der Waals surface area contributed by atoms with Gasteiger partial charge in [0, 0.05) is 25.8 Å². The first kappa shape index (κ1) is 27.9. The zero-order chi connectivity index (χ0) is 27.9. The van der Waals surface area contributed by atoms with Gasteiger partial charge in [-0.25, -0.2) is 19.5 Å². The summed E-state index contributed by atoms with van der Waals surface area (Å²) in [6.07, 6.45) is -2.92. The summed E-state index contributed by atoms with van der Waals surface area (Å²) in [5, 5.41) is 20.3. The monoisotopic (exact) mass is 587 g/mol. The fourth-order valence-corrected chi connectivity index (χ4v) is 5.78. The SMILES string of the molecule is CO[C@@H]1[C@H](OP(=O)(O)OC[C@H]2O[C@@H](n3cnc4c(N)ncnc43)C[C@@H]2O)[C@@H](CO)O[C@H]1n1ccc(=O)[nH]c1=S. The van der Waals surface area contributed by atoms with Crippen molar-refractivity contribution >= 4 is 37.0 Å². The number of phosphoric acid groups is 1. The van der Waals surface area contributed by atoms with Gasteiger partial charge < -0.3 is 35.1 Å². The molecular formula is C20H26N7O10PS. The number of aromatic amines is 1. The molecule has 5 rings (SSSR count). The van der Waals surface area contributed by atoms with Gasteiger partial charge in [-0.1, -0.05) is 0 Å². The average molecular weight is 588 g/mol. The molecule has 3 aromatic rings. The molecule has 2 fully saturated rings. The molecule has 6 N–H and O–H groups in total. The first-order valence-corrected chi connectivity index (χ1v) is 13.5. The molecule has 8 atom stereocenters. The Labute approximate surface area is 224 Å². The van der Waals surface area contributed by atoms with E-state index in [1.165, 1.54) is 36.6 Å². The van der Waals surface area contributed by atoms with E-state index in [-0.39, 0.29) is 17.0 Å². The molecule has 0 radical (unpaired) electrons. The smallest absolute Gasteiger partial charge is 0.394 e. The lowest BCUT2D eigenvalue weighted by Gasteiger charge is -2.25. The van der Waals surface area contributed by atoms with Crippen molar-refractivity contribution in [1.29, 1.82) is 0 Å². The third-order valence-electron chi connectivity index (χ3n) is 6.42. The van der Waals surface area contributed by atoms with Gasteiger partial charge in [0.1, 0.15) is 42.5 Å². The minimum atomic E-state index is -4.80. The summed E-state index contributed by atoms with van der Waals surface area (Å²) in [5.41, 5.74) is 6.16. The molecule has 2 saturated heterocycles. The molecular weight excluding hydrogens is 561 g/mol. The van der Waals surface area contributed by atoms with Crippen LogP contribution in [0.3, 0.4) is 0 Å². The maximum absolute atomic E-state index is 12.9. The summed E-state index contributed by atoms with van der Waals surface area (Å²) in [6.45, 7) is -1.09. The summed E-state index contributed by atoms with van der Waals surface area (Å²) >= 11 is 5.17. The fourth-order valence-electron chi connectivity index (χ4n) is 4.55. The van der Waals surface area contributed by atoms with Gasteiger partial charge in [-0.15, -0.1) is 0 Å². The molecule has 3 aromatic heterocycles. The first-order chi connectivity index (χ1) is 18.6. The van der Waals surface area contributed by atoms with Gasteiger partial charge in [-0.05, 0) is 12.2 Å². The minimum absolute atomic E-state index is 0.0112. The van der Waals surface area contributed by atoms with Gasteiger partial charge in [-0.2, -0.15) is 0 Å². The maximum atomic E-state index is 12.9. The second-order valence-electron chi connectivity index (χ2n) is 8.81. The highest BCUT2D eigenvalue weighted by Gasteiger charge is 2.50. The van der Waals surface area contributed by atoms with Crippen molar-refractivity contribution in [3.8, 4) is 0 Å². The number of nitrogens with one attached hydrogen (secondary N) is 1. The normalized spacial score (nSPS) is 30.6. The number of phosphoric ester groups is 1. The Morgan fingerprint density at radius 2 is 2.05 bits per heavy atom. The average Bonchev–Trinajstić information content (AvgIpc) is 3.58. The van der Waals surface area contributed by atoms with Gasteiger partial charge in [0.05, 0.1) is 25.6 Å². The van der Waals surface area contributed by atoms with Crippen LogP contribution in [0, 0.1) is 4.77 Å². The van der Waals surface area contributed by atoms with E-state index in [1.807, 2.05) is 0 Å². The van der Waals surface area contributed by atoms with E-state index in [9.17, 15) is 24.5 Å². The standard InChI is InChI=1S/C20H26N7O10PS/c1-33-16-15(10(5-28)36-19(16)26-3-2-12(30)25-20(26)39)37-38(31,32)34-6-11-9(29)4-13(35-11)27-8-24-14-17(21)22-7-23-18(14)27/h2-3,7-11,13,15-16,19,28-29H,4-6H2,1H3,(H,31,32)(H2,21,22,23)(H,25,30,39)/t9-,10+,11+,13+,15+,16+,19+/m0/s1. The number of nitrogens with zero attached hydrogens (tertiary/aromatic N) is 5. The van der Waals surface area contributed by atoms with Crippen molar-refractivity contribution in [3.63, 3.8) is 0 Å². The number of imidazole rings is 1. The minimum Gasteiger partial charge on any atom is -0.394 e. The van der Waals surface area contributed by atoms with Crippen LogP contribution in [-0.4, -0.2) is 95.0 Å². The number of hydrogen-bond donors (Lipinski definition) is 5. The number of nitrogen functional groups attached to an aromatic ring is 1. The predicted octanol–water partition coefficient (Wildman–Crippen LogP) is -0.617. The molecule has 212 valence electrons. The number of hydrogen-bond acceptors (Lipinski definition) is 14. The van der Waals surface area contributed by atoms with E-state index in [2.05, 4.69) is 19.9 Å². The van der Waals surface area contributed by atoms with Crippen LogP contribution in [0.1, 0.15) is 18.9 Å². The van der Waals surface area contributed by atoms with Crippen LogP contribution in [0.25, 0.3) is 11.2 Å². The van der Waals surface area contributed by atoms with Crippen molar-refractivity contribution < 1.29 is 42.9 Å². The Kier molecular flexibility index (Phi) is 7.93. The van der Waals surface area contributed by atoms with Crippen molar-refractivity contribution in [1.82, 2.24) is 29.1 Å². The van der Waals surface area contributed by atoms with E-state index >= 15 is 0 Å². The van der Waals surface area contributed by atoms with E-state index in [1.54, 1.807) is 4.57 Å². The third-order valence-corrected chi connectivity index (χ3v) is 7.72. The summed E-state index contributed by atoms with van der Waals surface area (Å²) in [6, 6.07) is 1.21. The molecule has 0 aromatic carbocycles. The zero-order valence-corrected chi connectivity index (χ0v) is 22.1. The Morgan fingerprint density at radius 1 is 1.26 bits per heavy atom. The number of nitrogens with two attached hydrogens (primary N) is 1. The van der Waals surface area contributed by atoms with Crippen molar-refractivity contribution in [2.45, 2.75) is 49.4 Å². The number of aliphatic hydroxyl groups is 2. The largest absolute Gasteiger partial charge is 0.472 e. The number of methoxy groups -OCH3 is 1. The highest BCUT2D eigenvalue weighted by Crippen LogP contribution is 2.49. The second-order valence-corrected chi connectivity index (χ2v) is 10.6. The molecule has 0 amide bonds. The molecule has 0 aliphatic carbocycles. The van der Waals surface area contributed by atoms with Crippen LogP contribution in [0.2, 0.25) is 0 Å². The van der Waals surface area contributed by atoms with E-state index in [0.29, 0.717) is 11.2 Å². The van der Waals surface area contributed by atoms with Crippen LogP contribution in [0.5, 0.6) is 0 Å². The van der Waals surface area contributed by atoms with Crippen molar-refractivity contribution in [2.24, 2.45) is 0 Å². The van der Waals surface area contributed by atoms with E-state index in [4.69, 9.17) is 41.2 Å². The lowest BCUT2D eigenvalue weighted by Crippen LogP contribution is -2.37. The summed E-state index contributed by atoms with van der Waals surface area (Å²) in [5.74, 6) is 0.187. The van der Waals surface area contributed by atoms with Crippen LogP contribution in [0.15, 0.2) is 29.7 Å². The molecule has 0 saturated carbocycles. The van der Waals surface area contributed by atoms with Gasteiger partial charge in [0.25, 0.3) is 5.56 Å². The lowest BCUT2D eigenvalue weighted by molar-refractivity contribution is -0.0616. The molecule has 2 aliphatic rings. The molecule has 17 nitrogen and oxygen atoms in total. The number of ether oxygens (including phenoxy) is 3. The number of fused-ring (bicyclic) bond motifs is 1. The van der Waals surface area contributed by atoms with Gasteiger partial charge in [-0.3, -0.25) is 28.0 Å². The van der Waals surface area contributed by atoms with Crippen molar-refractivity contribution in [3.05, 3.63) is 40.0 Å². The Bertz CT molecular complexity index is 1500. The second kappa shape index (κ2) is 11.1. The number of aliphatic hydroxyl groups excluding tert-OH is 2. The maximum Gasteiger partial charge on any atom is 0.472 e. The lowest BCUT2D eigenvalue weighted by atomic mass is 10.1. The van der Waals surface area contributed by atoms with Gasteiger partial charge >= 0.3 is 7.82 Å². The Balaban J connectivity index is 1.26. The summed E-state index contributed by atoms with van der Waals surface area (Å²) in [4.78, 5) is 36.7. The van der Waals surface area contributed by atoms with Gasteiger partial charge in [0.15, 0.2) is 22.5 Å². The topological polar surface area (TPSA) is 231 Å². The number of H-pyrrole nitrogens is 1. The summed E-state index contributed by atoms with van der Waals surface area (Å²) < 4.78 is 43.4. The van der Waals surface area contributed by atoms with Crippen LogP contribution in [0.4, 0.5) is 5.82 Å². The molecule has 5 heterocycles. The van der Waals surface area contributed by atoms with E-state index in [0.717, 1.165) is 0 Å². The van der Waals surface area contributed by atoms with Crippen LogP contribution in [-0.2, 0) is 27.8 Å². The third kappa shape index (κ3) is 5.53. The highest BCUT2D eigenvalue weighted by atomic mass is 32.1. The molecule has 19 heteroatoms. The van der Waals surface area contributed by atoms with Crippen LogP contribution < -0.4 is 11.3 Å². The quantitative estimate of drug-likeness (QED) is 0.155. The highest BCUT2D eigenvalue weighted by molar-refractivity contribution is 7.71. The summed E-state index contributed by atoms with van der Waals surface area (Å²) in [7, 11) is -3.48. The molecule has 39 heavy (non-hydrogen) atoms. The predicted molar refractivity (Wildman–Crippen MR) is 133 cm³/mol. The number of anilines is 1. The number of rotatable bonds is 9. The number of aromatic nitrogens is 6. The Morgan fingerprint density at radius 3 is 2.77 bits per heavy atom. The molecule has 2 aliphatic heterocycles. The first-order valence-electron chi connectivity index (χ1n) is 11.6. The van der Waals surface area contributed by atoms with Gasteiger partial charge in [0.2, 0.25) is 0 Å². The van der Waals surface area contributed by atoms with E-state index < -0.39 is 69.6 Å². The molecule has 0 spiro atoms. The molecule has 0 bridgehead atoms. The van der Waals surface area contributed by atoms with Crippen LogP contribution >= 0.6 is 20.0 Å². The zero-order valence-electron chi connectivity index (χ0n) is 20.3. The fraction of sp³-hybridized carbons (Fsp3) is 0.550. The van der Waals surface area contributed by atoms with Crippen molar-refractivity contribution in [2.75, 3.05) is 26.1 Å². The Hall–Kier alpha value is -2.64.